The summed E-state index contributed by atoms with van der Waals surface area (Å²) in [4.78, 5) is 13.2. The van der Waals surface area contributed by atoms with Gasteiger partial charge in [-0.15, -0.1) is 0 Å². The van der Waals surface area contributed by atoms with Crippen molar-refractivity contribution in [1.82, 2.24) is 4.98 Å². The summed E-state index contributed by atoms with van der Waals surface area (Å²) in [7, 11) is 0. The Morgan fingerprint density at radius 2 is 1.93 bits per heavy atom. The first-order chi connectivity index (χ1) is 7.27. The SMILES string of the molecule is O=[N+]([O-])c1cc[nH]c1Cc1ccccc1. The van der Waals surface area contributed by atoms with Gasteiger partial charge in [-0.1, -0.05) is 30.3 Å². The molecule has 0 bridgehead atoms. The average molecular weight is 202 g/mol. The molecule has 0 fully saturated rings. The van der Waals surface area contributed by atoms with Crippen molar-refractivity contribution in [3.8, 4) is 0 Å². The number of benzene rings is 1. The standard InChI is InChI=1S/C11H10N2O2/c14-13(15)11-6-7-12-10(11)8-9-4-2-1-3-5-9/h1-7,12H,8H2. The van der Waals surface area contributed by atoms with Crippen molar-refractivity contribution in [3.63, 3.8) is 0 Å². The van der Waals surface area contributed by atoms with Gasteiger partial charge in [0.25, 0.3) is 5.69 Å². The van der Waals surface area contributed by atoms with Gasteiger partial charge in [0.05, 0.1) is 10.6 Å². The highest BCUT2D eigenvalue weighted by molar-refractivity contribution is 5.38. The molecule has 0 saturated heterocycles. The third-order valence-corrected chi connectivity index (χ3v) is 2.23. The minimum absolute atomic E-state index is 0.152. The topological polar surface area (TPSA) is 58.9 Å². The summed E-state index contributed by atoms with van der Waals surface area (Å²) in [6.45, 7) is 0. The van der Waals surface area contributed by atoms with Gasteiger partial charge in [0.1, 0.15) is 0 Å². The molecule has 0 atom stereocenters. The fourth-order valence-electron chi connectivity index (χ4n) is 1.51. The van der Waals surface area contributed by atoms with E-state index < -0.39 is 0 Å². The molecule has 76 valence electrons. The summed E-state index contributed by atoms with van der Waals surface area (Å²) in [5, 5.41) is 10.7. The van der Waals surface area contributed by atoms with E-state index >= 15 is 0 Å². The number of hydrogen-bond acceptors (Lipinski definition) is 2. The normalized spacial score (nSPS) is 10.1. The molecular formula is C11H10N2O2. The van der Waals surface area contributed by atoms with Crippen molar-refractivity contribution < 1.29 is 4.92 Å². The quantitative estimate of drug-likeness (QED) is 0.614. The average Bonchev–Trinajstić information content (AvgIpc) is 2.67. The third kappa shape index (κ3) is 2.04. The molecule has 2 aromatic rings. The van der Waals surface area contributed by atoms with Gasteiger partial charge in [-0.25, -0.2) is 0 Å². The summed E-state index contributed by atoms with van der Waals surface area (Å²) in [6, 6.07) is 11.1. The molecule has 1 aromatic heterocycles. The predicted molar refractivity (Wildman–Crippen MR) is 56.7 cm³/mol. The maximum Gasteiger partial charge on any atom is 0.290 e. The fourth-order valence-corrected chi connectivity index (χ4v) is 1.51. The number of nitrogens with one attached hydrogen (secondary N) is 1. The van der Waals surface area contributed by atoms with E-state index in [4.69, 9.17) is 0 Å². The second-order valence-electron chi connectivity index (χ2n) is 3.26. The van der Waals surface area contributed by atoms with Gasteiger partial charge in [0.15, 0.2) is 0 Å². The van der Waals surface area contributed by atoms with Crippen molar-refractivity contribution >= 4 is 5.69 Å². The highest BCUT2D eigenvalue weighted by Gasteiger charge is 2.14. The van der Waals surface area contributed by atoms with Crippen molar-refractivity contribution in [3.05, 3.63) is 64.0 Å². The van der Waals surface area contributed by atoms with E-state index in [0.29, 0.717) is 12.1 Å². The Hall–Kier alpha value is -2.10. The molecular weight excluding hydrogens is 192 g/mol. The molecule has 0 saturated carbocycles. The smallest absolute Gasteiger partial charge is 0.290 e. The zero-order chi connectivity index (χ0) is 10.7. The van der Waals surface area contributed by atoms with Crippen LogP contribution in [0.3, 0.4) is 0 Å². The zero-order valence-corrected chi connectivity index (χ0v) is 8.01. The van der Waals surface area contributed by atoms with E-state index in [9.17, 15) is 10.1 Å². The number of hydrogen-bond donors (Lipinski definition) is 1. The molecule has 1 heterocycles. The lowest BCUT2D eigenvalue weighted by Gasteiger charge is -1.98. The van der Waals surface area contributed by atoms with Gasteiger partial charge < -0.3 is 4.98 Å². The molecule has 0 amide bonds. The highest BCUT2D eigenvalue weighted by Crippen LogP contribution is 2.19. The Balaban J connectivity index is 2.25. The van der Waals surface area contributed by atoms with Gasteiger partial charge in [-0.05, 0) is 5.56 Å². The molecule has 1 N–H and O–H groups in total. The van der Waals surface area contributed by atoms with Crippen LogP contribution < -0.4 is 0 Å². The van der Waals surface area contributed by atoms with Crippen LogP contribution >= 0.6 is 0 Å². The minimum Gasteiger partial charge on any atom is -0.359 e. The first-order valence-electron chi connectivity index (χ1n) is 4.62. The largest absolute Gasteiger partial charge is 0.359 e. The van der Waals surface area contributed by atoms with Crippen LogP contribution in [-0.4, -0.2) is 9.91 Å². The van der Waals surface area contributed by atoms with E-state index in [1.54, 1.807) is 6.20 Å². The van der Waals surface area contributed by atoms with Gasteiger partial charge in [0.2, 0.25) is 0 Å². The summed E-state index contributed by atoms with van der Waals surface area (Å²) >= 11 is 0. The second-order valence-corrected chi connectivity index (χ2v) is 3.26. The first kappa shape index (κ1) is 9.45. The number of aromatic amines is 1. The zero-order valence-electron chi connectivity index (χ0n) is 8.01. The van der Waals surface area contributed by atoms with Crippen LogP contribution in [0.5, 0.6) is 0 Å². The molecule has 0 unspecified atom stereocenters. The molecule has 0 aliphatic heterocycles. The van der Waals surface area contributed by atoms with Gasteiger partial charge in [-0.2, -0.15) is 0 Å². The van der Waals surface area contributed by atoms with Crippen molar-refractivity contribution in [2.24, 2.45) is 0 Å². The molecule has 15 heavy (non-hydrogen) atoms. The Morgan fingerprint density at radius 3 is 2.60 bits per heavy atom. The van der Waals surface area contributed by atoms with E-state index in [0.717, 1.165) is 5.56 Å². The molecule has 4 nitrogen and oxygen atoms in total. The monoisotopic (exact) mass is 202 g/mol. The Bertz CT molecular complexity index is 462. The van der Waals surface area contributed by atoms with Crippen LogP contribution in [-0.2, 0) is 6.42 Å². The number of nitrogens with zero attached hydrogens (tertiary/aromatic N) is 1. The van der Waals surface area contributed by atoms with Gasteiger partial charge >= 0.3 is 0 Å². The lowest BCUT2D eigenvalue weighted by atomic mass is 10.1. The molecule has 2 rings (SSSR count). The number of nitro groups is 1. The summed E-state index contributed by atoms with van der Waals surface area (Å²) in [5.74, 6) is 0. The molecule has 0 aliphatic rings. The van der Waals surface area contributed by atoms with Crippen LogP contribution in [0, 0.1) is 10.1 Å². The molecule has 4 heteroatoms. The summed E-state index contributed by atoms with van der Waals surface area (Å²) in [6.07, 6.45) is 2.15. The summed E-state index contributed by atoms with van der Waals surface area (Å²) < 4.78 is 0. The lowest BCUT2D eigenvalue weighted by Crippen LogP contribution is -1.94. The Kier molecular flexibility index (Phi) is 2.49. The maximum absolute atomic E-state index is 10.7. The number of aromatic nitrogens is 1. The Morgan fingerprint density at radius 1 is 1.20 bits per heavy atom. The van der Waals surface area contributed by atoms with Gasteiger partial charge in [0, 0.05) is 18.7 Å². The molecule has 0 spiro atoms. The maximum atomic E-state index is 10.7. The highest BCUT2D eigenvalue weighted by atomic mass is 16.6. The minimum atomic E-state index is -0.366. The van der Waals surface area contributed by atoms with Crippen LogP contribution in [0.4, 0.5) is 5.69 Å². The van der Waals surface area contributed by atoms with Crippen molar-refractivity contribution in [2.45, 2.75) is 6.42 Å². The fraction of sp³-hybridized carbons (Fsp3) is 0.0909. The van der Waals surface area contributed by atoms with E-state index in [2.05, 4.69) is 4.98 Å². The van der Waals surface area contributed by atoms with Gasteiger partial charge in [-0.3, -0.25) is 10.1 Å². The molecule has 1 aromatic carbocycles. The lowest BCUT2D eigenvalue weighted by molar-refractivity contribution is -0.385. The van der Waals surface area contributed by atoms with Crippen LogP contribution in [0.1, 0.15) is 11.3 Å². The van der Waals surface area contributed by atoms with E-state index in [-0.39, 0.29) is 10.6 Å². The predicted octanol–water partition coefficient (Wildman–Crippen LogP) is 2.51. The van der Waals surface area contributed by atoms with Crippen molar-refractivity contribution in [2.75, 3.05) is 0 Å². The second kappa shape index (κ2) is 3.96. The van der Waals surface area contributed by atoms with Crippen LogP contribution in [0.25, 0.3) is 0 Å². The Labute approximate surface area is 86.7 Å². The first-order valence-corrected chi connectivity index (χ1v) is 4.62. The third-order valence-electron chi connectivity index (χ3n) is 2.23. The van der Waals surface area contributed by atoms with Crippen LogP contribution in [0.15, 0.2) is 42.6 Å². The molecule has 0 radical (unpaired) electrons. The number of H-pyrrole nitrogens is 1. The van der Waals surface area contributed by atoms with E-state index in [1.165, 1.54) is 6.07 Å². The van der Waals surface area contributed by atoms with E-state index in [1.807, 2.05) is 30.3 Å². The number of rotatable bonds is 3. The van der Waals surface area contributed by atoms with Crippen LogP contribution in [0.2, 0.25) is 0 Å². The molecule has 0 aliphatic carbocycles. The summed E-state index contributed by atoms with van der Waals surface area (Å²) in [5.41, 5.74) is 1.85. The van der Waals surface area contributed by atoms with Crippen molar-refractivity contribution in [1.29, 1.82) is 0 Å².